The number of esters is 2. The summed E-state index contributed by atoms with van der Waals surface area (Å²) in [5.41, 5.74) is 9.28. The number of rotatable bonds is 18. The Morgan fingerprint density at radius 1 is 0.881 bits per heavy atom. The van der Waals surface area contributed by atoms with E-state index in [4.69, 9.17) is 37.9 Å². The van der Waals surface area contributed by atoms with Gasteiger partial charge in [-0.05, 0) is 24.8 Å². The number of unbranched alkanes of at least 4 members (excludes halogenated alkanes) is 3. The molecule has 0 amide bonds. The van der Waals surface area contributed by atoms with Crippen molar-refractivity contribution in [2.75, 3.05) is 33.5 Å². The van der Waals surface area contributed by atoms with Crippen LogP contribution in [0.25, 0.3) is 10.4 Å². The number of hydrogen-bond acceptors (Lipinski definition) is 13. The molecule has 0 aromatic heterocycles. The van der Waals surface area contributed by atoms with Crippen molar-refractivity contribution in [3.8, 4) is 0 Å². The molecule has 0 spiro atoms. The lowest BCUT2D eigenvalue weighted by molar-refractivity contribution is -0.348. The van der Waals surface area contributed by atoms with Crippen LogP contribution in [0.2, 0.25) is 0 Å². The Balaban J connectivity index is 2.46. The highest BCUT2D eigenvalue weighted by Crippen LogP contribution is 2.34. The number of hydrogen-bond donors (Lipinski definition) is 2. The van der Waals surface area contributed by atoms with Gasteiger partial charge < -0.3 is 48.1 Å². The van der Waals surface area contributed by atoms with E-state index in [9.17, 15) is 25.3 Å². The third-order valence-electron chi connectivity index (χ3n) is 6.93. The highest BCUT2D eigenvalue weighted by atomic mass is 16.8. The van der Waals surface area contributed by atoms with Crippen LogP contribution in [-0.4, -0.2) is 117 Å². The van der Waals surface area contributed by atoms with Crippen LogP contribution in [-0.2, 0) is 47.5 Å². The van der Waals surface area contributed by atoms with Crippen LogP contribution in [0.1, 0.15) is 66.2 Å². The number of nitrogens with zero attached hydrogens (tertiary/aromatic N) is 3. The van der Waals surface area contributed by atoms with Crippen LogP contribution in [0.4, 0.5) is 0 Å². The van der Waals surface area contributed by atoms with Gasteiger partial charge in [-0.15, -0.1) is 0 Å². The standard InChI is InChI=1S/C27H47N3O12/c1-6-9-12-36-21-18(29-30-28)26(39-16(4)32)40-17(15-31)20(21)41-27-19(33)22(37-13-10-7-2)23(38-14-11-8-3)24(42-27)25(34)35-5/h17-24,26-27,31,33H,6-15H2,1-5H3/t17?,18-,19?,20-,21?,22-,23-,24?,26-,27+/m0/s1. The monoisotopic (exact) mass is 605 g/mol. The molecule has 2 heterocycles. The molecular formula is C27H47N3O12. The van der Waals surface area contributed by atoms with Gasteiger partial charge in [-0.25, -0.2) is 4.79 Å². The van der Waals surface area contributed by atoms with E-state index in [0.29, 0.717) is 25.9 Å². The molecule has 2 fully saturated rings. The SMILES string of the molecule is CCCCOC1[C@@H](O[C@@H]2OC(C(=O)OC)[C@@H](OCCCC)[C@@H](OCCCC)C2O)C(CO)O[C@H](OC(C)=O)[C@H]1N=[N+]=[N-]. The van der Waals surface area contributed by atoms with Gasteiger partial charge in [0.15, 0.2) is 12.4 Å². The van der Waals surface area contributed by atoms with E-state index in [-0.39, 0.29) is 13.2 Å². The number of carbonyl (C=O) groups excluding carboxylic acids is 2. The molecule has 15 nitrogen and oxygen atoms in total. The van der Waals surface area contributed by atoms with E-state index in [1.165, 1.54) is 7.11 Å². The summed E-state index contributed by atoms with van der Waals surface area (Å²) in [4.78, 5) is 27.5. The summed E-state index contributed by atoms with van der Waals surface area (Å²) in [6.07, 6.45) is -6.58. The van der Waals surface area contributed by atoms with Crippen molar-refractivity contribution in [2.24, 2.45) is 5.11 Å². The summed E-state index contributed by atoms with van der Waals surface area (Å²) in [6, 6.07) is -1.21. The fourth-order valence-corrected chi connectivity index (χ4v) is 4.70. The minimum absolute atomic E-state index is 0.221. The second-order valence-corrected chi connectivity index (χ2v) is 10.1. The van der Waals surface area contributed by atoms with Crippen molar-refractivity contribution in [3.05, 3.63) is 10.4 Å². The summed E-state index contributed by atoms with van der Waals surface area (Å²) in [7, 11) is 1.21. The molecule has 2 rings (SSSR count). The lowest BCUT2D eigenvalue weighted by Crippen LogP contribution is -2.66. The molecule has 0 bridgehead atoms. The predicted octanol–water partition coefficient (Wildman–Crippen LogP) is 2.15. The Morgan fingerprint density at radius 3 is 1.95 bits per heavy atom. The topological polar surface area (TPSA) is 197 Å². The third kappa shape index (κ3) is 10.00. The smallest absolute Gasteiger partial charge is 0.337 e. The number of azide groups is 1. The van der Waals surface area contributed by atoms with Crippen molar-refractivity contribution in [2.45, 2.75) is 128 Å². The molecule has 0 aliphatic carbocycles. The molecule has 4 unspecified atom stereocenters. The number of aliphatic hydroxyl groups is 2. The first-order valence-corrected chi connectivity index (χ1v) is 14.7. The average molecular weight is 606 g/mol. The van der Waals surface area contributed by atoms with Crippen molar-refractivity contribution < 1.29 is 57.7 Å². The fraction of sp³-hybridized carbons (Fsp3) is 0.926. The Morgan fingerprint density at radius 2 is 1.45 bits per heavy atom. The fourth-order valence-electron chi connectivity index (χ4n) is 4.70. The molecule has 0 saturated carbocycles. The lowest BCUT2D eigenvalue weighted by atomic mass is 9.95. The molecule has 15 heteroatoms. The first-order chi connectivity index (χ1) is 20.3. The molecule has 10 atom stereocenters. The lowest BCUT2D eigenvalue weighted by Gasteiger charge is -2.48. The van der Waals surface area contributed by atoms with E-state index in [2.05, 4.69) is 10.0 Å². The third-order valence-corrected chi connectivity index (χ3v) is 6.93. The maximum atomic E-state index is 12.9. The van der Waals surface area contributed by atoms with Gasteiger partial charge in [0.1, 0.15) is 42.7 Å². The van der Waals surface area contributed by atoms with Crippen LogP contribution in [0.3, 0.4) is 0 Å². The molecular weight excluding hydrogens is 558 g/mol. The molecule has 2 saturated heterocycles. The molecule has 2 aliphatic rings. The number of ether oxygens (including phenoxy) is 8. The Hall–Kier alpha value is -2.07. The van der Waals surface area contributed by atoms with Crippen LogP contribution in [0.5, 0.6) is 0 Å². The first kappa shape index (κ1) is 36.1. The van der Waals surface area contributed by atoms with Crippen molar-refractivity contribution in [3.63, 3.8) is 0 Å². The number of carbonyl (C=O) groups is 2. The van der Waals surface area contributed by atoms with Crippen LogP contribution >= 0.6 is 0 Å². The second kappa shape index (κ2) is 19.3. The van der Waals surface area contributed by atoms with Gasteiger partial charge in [0.2, 0.25) is 6.29 Å². The Labute approximate surface area is 246 Å². The second-order valence-electron chi connectivity index (χ2n) is 10.1. The molecule has 2 N–H and O–H groups in total. The molecule has 2 aliphatic heterocycles. The maximum Gasteiger partial charge on any atom is 0.337 e. The van der Waals surface area contributed by atoms with E-state index in [0.717, 1.165) is 26.2 Å². The predicted molar refractivity (Wildman–Crippen MR) is 146 cm³/mol. The summed E-state index contributed by atoms with van der Waals surface area (Å²) >= 11 is 0. The van der Waals surface area contributed by atoms with Crippen LogP contribution < -0.4 is 0 Å². The normalized spacial score (nSPS) is 33.0. The highest BCUT2D eigenvalue weighted by molar-refractivity contribution is 5.75. The summed E-state index contributed by atoms with van der Waals surface area (Å²) < 4.78 is 46.2. The van der Waals surface area contributed by atoms with E-state index >= 15 is 0 Å². The zero-order valence-electron chi connectivity index (χ0n) is 25.2. The minimum atomic E-state index is -1.50. The molecule has 242 valence electrons. The van der Waals surface area contributed by atoms with Crippen LogP contribution in [0.15, 0.2) is 5.11 Å². The Kier molecular flexibility index (Phi) is 16.6. The van der Waals surface area contributed by atoms with Crippen LogP contribution in [0, 0.1) is 0 Å². The van der Waals surface area contributed by atoms with Gasteiger partial charge in [-0.2, -0.15) is 0 Å². The van der Waals surface area contributed by atoms with Crippen molar-refractivity contribution in [1.29, 1.82) is 0 Å². The summed E-state index contributed by atoms with van der Waals surface area (Å²) in [6.45, 7) is 7.29. The number of aliphatic hydroxyl groups excluding tert-OH is 2. The van der Waals surface area contributed by atoms with E-state index < -0.39 is 79.9 Å². The van der Waals surface area contributed by atoms with E-state index in [1.807, 2.05) is 20.8 Å². The quantitative estimate of drug-likeness (QED) is 0.0760. The van der Waals surface area contributed by atoms with Crippen molar-refractivity contribution >= 4 is 11.9 Å². The summed E-state index contributed by atoms with van der Waals surface area (Å²) in [5, 5.41) is 25.4. The molecule has 0 radical (unpaired) electrons. The zero-order valence-corrected chi connectivity index (χ0v) is 25.2. The first-order valence-electron chi connectivity index (χ1n) is 14.7. The maximum absolute atomic E-state index is 12.9. The van der Waals surface area contributed by atoms with Gasteiger partial charge in [0.05, 0.1) is 13.7 Å². The molecule has 42 heavy (non-hydrogen) atoms. The van der Waals surface area contributed by atoms with E-state index in [1.54, 1.807) is 0 Å². The molecule has 0 aromatic rings. The zero-order chi connectivity index (χ0) is 31.1. The summed E-state index contributed by atoms with van der Waals surface area (Å²) in [5.74, 6) is -1.45. The highest BCUT2D eigenvalue weighted by Gasteiger charge is 2.55. The van der Waals surface area contributed by atoms with Gasteiger partial charge in [-0.3, -0.25) is 4.79 Å². The minimum Gasteiger partial charge on any atom is -0.467 e. The van der Waals surface area contributed by atoms with Gasteiger partial charge in [0.25, 0.3) is 0 Å². The molecule has 0 aromatic carbocycles. The van der Waals surface area contributed by atoms with Gasteiger partial charge in [0, 0.05) is 31.7 Å². The Bertz CT molecular complexity index is 860. The van der Waals surface area contributed by atoms with Gasteiger partial charge >= 0.3 is 11.9 Å². The van der Waals surface area contributed by atoms with Gasteiger partial charge in [-0.1, -0.05) is 45.1 Å². The largest absolute Gasteiger partial charge is 0.467 e. The van der Waals surface area contributed by atoms with Crippen molar-refractivity contribution in [1.82, 2.24) is 0 Å². The average Bonchev–Trinajstić information content (AvgIpc) is 2.97. The number of methoxy groups -OCH3 is 1.